The van der Waals surface area contributed by atoms with Gasteiger partial charge in [-0.3, -0.25) is 4.79 Å². The van der Waals surface area contributed by atoms with Gasteiger partial charge in [0, 0.05) is 0 Å². The first-order chi connectivity index (χ1) is 8.54. The van der Waals surface area contributed by atoms with E-state index in [9.17, 15) is 9.90 Å². The van der Waals surface area contributed by atoms with Crippen LogP contribution in [0.5, 0.6) is 0 Å². The Hall–Kier alpha value is -0.530. The fourth-order valence-electron chi connectivity index (χ4n) is 3.33. The van der Waals surface area contributed by atoms with Crippen molar-refractivity contribution in [1.29, 1.82) is 0 Å². The predicted molar refractivity (Wildman–Crippen MR) is 75.6 cm³/mol. The highest BCUT2D eigenvalue weighted by molar-refractivity contribution is 5.74. The molecular formula is C16H30O2. The number of rotatable bonds is 7. The number of carboxylic acids is 1. The Bertz CT molecular complexity index is 252. The molecule has 106 valence electrons. The molecule has 0 spiro atoms. The average Bonchev–Trinajstić information content (AvgIpc) is 2.37. The molecule has 0 heterocycles. The summed E-state index contributed by atoms with van der Waals surface area (Å²) in [5.41, 5.74) is -0.405. The van der Waals surface area contributed by atoms with Gasteiger partial charge >= 0.3 is 5.97 Å². The van der Waals surface area contributed by atoms with Gasteiger partial charge in [-0.1, -0.05) is 46.5 Å². The lowest BCUT2D eigenvalue weighted by molar-refractivity contribution is -0.153. The topological polar surface area (TPSA) is 37.3 Å². The summed E-state index contributed by atoms with van der Waals surface area (Å²) in [5.74, 6) is 0.777. The summed E-state index contributed by atoms with van der Waals surface area (Å²) in [7, 11) is 0. The average molecular weight is 254 g/mol. The molecule has 1 unspecified atom stereocenters. The van der Waals surface area contributed by atoms with E-state index in [0.29, 0.717) is 5.92 Å². The summed E-state index contributed by atoms with van der Waals surface area (Å²) in [6.07, 6.45) is 9.89. The standard InChI is InChI=1S/C16H30O2/c1-4-6-7-14-8-10-16(11-9-14,15(17)18)12-13(3)5-2/h13-14H,4-12H2,1-3H3,(H,17,18). The van der Waals surface area contributed by atoms with E-state index in [1.165, 1.54) is 19.3 Å². The van der Waals surface area contributed by atoms with Gasteiger partial charge in [-0.15, -0.1) is 0 Å². The molecule has 0 bridgehead atoms. The Labute approximate surface area is 112 Å². The zero-order valence-corrected chi connectivity index (χ0v) is 12.4. The molecule has 18 heavy (non-hydrogen) atoms. The lowest BCUT2D eigenvalue weighted by atomic mass is 9.65. The molecule has 0 aromatic heterocycles. The first kappa shape index (κ1) is 15.5. The fourth-order valence-corrected chi connectivity index (χ4v) is 3.33. The second-order valence-corrected chi connectivity index (χ2v) is 6.39. The number of hydrogen-bond acceptors (Lipinski definition) is 1. The molecule has 1 fully saturated rings. The van der Waals surface area contributed by atoms with Crippen molar-refractivity contribution in [3.05, 3.63) is 0 Å². The van der Waals surface area contributed by atoms with Crippen LogP contribution in [-0.2, 0) is 4.79 Å². The van der Waals surface area contributed by atoms with Crippen LogP contribution in [0.3, 0.4) is 0 Å². The van der Waals surface area contributed by atoms with Crippen molar-refractivity contribution in [3.8, 4) is 0 Å². The Morgan fingerprint density at radius 1 is 1.33 bits per heavy atom. The van der Waals surface area contributed by atoms with E-state index in [2.05, 4.69) is 20.8 Å². The molecule has 0 aromatic rings. The van der Waals surface area contributed by atoms with Crippen LogP contribution < -0.4 is 0 Å². The van der Waals surface area contributed by atoms with E-state index in [1.54, 1.807) is 0 Å². The second-order valence-electron chi connectivity index (χ2n) is 6.39. The Balaban J connectivity index is 2.54. The molecule has 0 aliphatic heterocycles. The Kier molecular flexibility index (Phi) is 6.17. The fraction of sp³-hybridized carbons (Fsp3) is 0.938. The monoisotopic (exact) mass is 254 g/mol. The van der Waals surface area contributed by atoms with Crippen molar-refractivity contribution in [1.82, 2.24) is 0 Å². The quantitative estimate of drug-likeness (QED) is 0.703. The normalized spacial score (nSPS) is 30.1. The Morgan fingerprint density at radius 2 is 1.94 bits per heavy atom. The summed E-state index contributed by atoms with van der Waals surface area (Å²) >= 11 is 0. The van der Waals surface area contributed by atoms with E-state index in [-0.39, 0.29) is 0 Å². The van der Waals surface area contributed by atoms with E-state index in [4.69, 9.17) is 0 Å². The van der Waals surface area contributed by atoms with Gasteiger partial charge in [-0.25, -0.2) is 0 Å². The van der Waals surface area contributed by atoms with Crippen molar-refractivity contribution < 1.29 is 9.90 Å². The van der Waals surface area contributed by atoms with Crippen LogP contribution in [0.1, 0.15) is 78.6 Å². The van der Waals surface area contributed by atoms with Gasteiger partial charge in [0.2, 0.25) is 0 Å². The first-order valence-electron chi connectivity index (χ1n) is 7.77. The number of hydrogen-bond donors (Lipinski definition) is 1. The lowest BCUT2D eigenvalue weighted by Gasteiger charge is -2.38. The van der Waals surface area contributed by atoms with Crippen molar-refractivity contribution in [2.45, 2.75) is 78.6 Å². The van der Waals surface area contributed by atoms with Gasteiger partial charge in [-0.05, 0) is 43.9 Å². The van der Waals surface area contributed by atoms with Gasteiger partial charge < -0.3 is 5.11 Å². The third-order valence-electron chi connectivity index (χ3n) is 4.92. The molecule has 1 saturated carbocycles. The number of aliphatic carboxylic acids is 1. The number of carboxylic acid groups (broad SMARTS) is 1. The molecular weight excluding hydrogens is 224 g/mol. The van der Waals surface area contributed by atoms with E-state index < -0.39 is 11.4 Å². The molecule has 1 aliphatic carbocycles. The lowest BCUT2D eigenvalue weighted by Crippen LogP contribution is -2.37. The number of carbonyl (C=O) groups is 1. The van der Waals surface area contributed by atoms with Gasteiger partial charge in [0.25, 0.3) is 0 Å². The van der Waals surface area contributed by atoms with E-state index in [1.807, 2.05) is 0 Å². The zero-order chi connectivity index (χ0) is 13.6. The van der Waals surface area contributed by atoms with Crippen LogP contribution in [0.4, 0.5) is 0 Å². The minimum absolute atomic E-state index is 0.405. The zero-order valence-electron chi connectivity index (χ0n) is 12.4. The molecule has 2 nitrogen and oxygen atoms in total. The minimum atomic E-state index is -0.545. The van der Waals surface area contributed by atoms with Crippen LogP contribution in [0.25, 0.3) is 0 Å². The highest BCUT2D eigenvalue weighted by atomic mass is 16.4. The highest BCUT2D eigenvalue weighted by Gasteiger charge is 2.42. The van der Waals surface area contributed by atoms with Gasteiger partial charge in [0.05, 0.1) is 5.41 Å². The van der Waals surface area contributed by atoms with Crippen LogP contribution >= 0.6 is 0 Å². The maximum absolute atomic E-state index is 11.6. The summed E-state index contributed by atoms with van der Waals surface area (Å²) in [6, 6.07) is 0. The number of unbranched alkanes of at least 4 members (excludes halogenated alkanes) is 1. The molecule has 0 radical (unpaired) electrons. The molecule has 1 atom stereocenters. The molecule has 0 amide bonds. The molecule has 0 saturated heterocycles. The van der Waals surface area contributed by atoms with Crippen LogP contribution in [0.2, 0.25) is 0 Å². The van der Waals surface area contributed by atoms with E-state index in [0.717, 1.165) is 44.4 Å². The smallest absolute Gasteiger partial charge is 0.309 e. The highest BCUT2D eigenvalue weighted by Crippen LogP contribution is 2.45. The van der Waals surface area contributed by atoms with Crippen molar-refractivity contribution >= 4 is 5.97 Å². The van der Waals surface area contributed by atoms with Crippen LogP contribution in [0.15, 0.2) is 0 Å². The first-order valence-corrected chi connectivity index (χ1v) is 7.77. The van der Waals surface area contributed by atoms with Crippen molar-refractivity contribution in [2.24, 2.45) is 17.3 Å². The van der Waals surface area contributed by atoms with Crippen molar-refractivity contribution in [3.63, 3.8) is 0 Å². The maximum atomic E-state index is 11.6. The molecule has 1 rings (SSSR count). The van der Waals surface area contributed by atoms with Gasteiger partial charge in [0.15, 0.2) is 0 Å². The molecule has 0 aromatic carbocycles. The predicted octanol–water partition coefficient (Wildman–Crippen LogP) is 4.87. The third-order valence-corrected chi connectivity index (χ3v) is 4.92. The van der Waals surface area contributed by atoms with Crippen LogP contribution in [-0.4, -0.2) is 11.1 Å². The summed E-state index contributed by atoms with van der Waals surface area (Å²) in [5, 5.41) is 9.60. The Morgan fingerprint density at radius 3 is 2.39 bits per heavy atom. The maximum Gasteiger partial charge on any atom is 0.309 e. The molecule has 1 N–H and O–H groups in total. The van der Waals surface area contributed by atoms with Gasteiger partial charge in [0.1, 0.15) is 0 Å². The molecule has 1 aliphatic rings. The van der Waals surface area contributed by atoms with E-state index >= 15 is 0 Å². The van der Waals surface area contributed by atoms with Gasteiger partial charge in [-0.2, -0.15) is 0 Å². The largest absolute Gasteiger partial charge is 0.481 e. The second kappa shape index (κ2) is 7.16. The minimum Gasteiger partial charge on any atom is -0.481 e. The van der Waals surface area contributed by atoms with Crippen molar-refractivity contribution in [2.75, 3.05) is 0 Å². The summed E-state index contributed by atoms with van der Waals surface area (Å²) in [4.78, 5) is 11.6. The summed E-state index contributed by atoms with van der Waals surface area (Å²) < 4.78 is 0. The van der Waals surface area contributed by atoms with Crippen LogP contribution in [0, 0.1) is 17.3 Å². The summed E-state index contributed by atoms with van der Waals surface area (Å²) in [6.45, 7) is 6.58. The molecule has 2 heteroatoms. The SMILES string of the molecule is CCCCC1CCC(CC(C)CC)(C(=O)O)CC1. The third kappa shape index (κ3) is 4.00.